The van der Waals surface area contributed by atoms with Crippen LogP contribution in [0.25, 0.3) is 10.9 Å². The number of nitrogens with one attached hydrogen (secondary N) is 5. The van der Waals surface area contributed by atoms with Crippen molar-refractivity contribution in [3.63, 3.8) is 0 Å². The van der Waals surface area contributed by atoms with Crippen molar-refractivity contribution in [2.24, 2.45) is 0 Å². The van der Waals surface area contributed by atoms with Gasteiger partial charge in [-0.15, -0.1) is 0 Å². The molecule has 38 heavy (non-hydrogen) atoms. The lowest BCUT2D eigenvalue weighted by atomic mass is 9.69. The average Bonchev–Trinajstić information content (AvgIpc) is 3.48. The van der Waals surface area contributed by atoms with Crippen molar-refractivity contribution in [2.45, 2.75) is 31.7 Å². The summed E-state index contributed by atoms with van der Waals surface area (Å²) >= 11 is 6.76. The van der Waals surface area contributed by atoms with Crippen LogP contribution in [0.5, 0.6) is 0 Å². The second-order valence-corrected chi connectivity index (χ2v) is 9.46. The molecule has 0 saturated heterocycles. The van der Waals surface area contributed by atoms with E-state index in [4.69, 9.17) is 19.4 Å². The monoisotopic (exact) mass is 520 g/mol. The molecule has 10 heteroatoms. The number of aromatic nitrogens is 2. The van der Waals surface area contributed by atoms with E-state index in [2.05, 4.69) is 62.1 Å². The first kappa shape index (κ1) is 25.4. The highest BCUT2D eigenvalue weighted by atomic mass is 35.5. The summed E-state index contributed by atoms with van der Waals surface area (Å²) in [5, 5.41) is 18.1. The van der Waals surface area contributed by atoms with Crippen LogP contribution in [0.2, 0.25) is 5.02 Å². The first-order chi connectivity index (χ1) is 18.4. The van der Waals surface area contributed by atoms with E-state index in [0.717, 1.165) is 23.2 Å². The largest absolute Gasteiger partial charge is 0.378 e. The molecule has 5 N–H and O–H groups in total. The first-order valence-corrected chi connectivity index (χ1v) is 12.6. The van der Waals surface area contributed by atoms with Crippen LogP contribution in [0.15, 0.2) is 78.9 Å². The van der Waals surface area contributed by atoms with Gasteiger partial charge in [-0.05, 0) is 42.7 Å². The van der Waals surface area contributed by atoms with Crippen LogP contribution in [0, 0.1) is 18.3 Å². The minimum Gasteiger partial charge on any atom is -0.378 e. The highest BCUT2D eigenvalue weighted by Crippen LogP contribution is 2.38. The van der Waals surface area contributed by atoms with Gasteiger partial charge in [-0.1, -0.05) is 54.9 Å². The highest BCUT2D eigenvalue weighted by molar-refractivity contribution is 6.36. The summed E-state index contributed by atoms with van der Waals surface area (Å²) < 4.78 is 0. The Hall–Kier alpha value is -4.26. The molecule has 2 aromatic heterocycles. The van der Waals surface area contributed by atoms with Crippen LogP contribution >= 0.6 is 11.6 Å². The van der Waals surface area contributed by atoms with Gasteiger partial charge in [0.1, 0.15) is 13.9 Å². The molecular weight excluding hydrogens is 495 g/mol. The molecule has 0 amide bonds. The summed E-state index contributed by atoms with van der Waals surface area (Å²) in [4.78, 5) is 8.93. The maximum Gasteiger partial charge on any atom is 0.119 e. The third-order valence-electron chi connectivity index (χ3n) is 6.66. The van der Waals surface area contributed by atoms with E-state index in [-0.39, 0.29) is 6.04 Å². The van der Waals surface area contributed by atoms with Gasteiger partial charge in [-0.25, -0.2) is 0 Å². The number of rotatable bonds is 8. The lowest BCUT2D eigenvalue weighted by molar-refractivity contribution is 0.570. The van der Waals surface area contributed by atoms with Crippen molar-refractivity contribution < 1.29 is 0 Å². The van der Waals surface area contributed by atoms with Crippen molar-refractivity contribution >= 4 is 41.7 Å². The third-order valence-corrected chi connectivity index (χ3v) is 6.95. The Morgan fingerprint density at radius 2 is 1.97 bits per heavy atom. The number of pyridine rings is 2. The van der Waals surface area contributed by atoms with Crippen LogP contribution in [0.1, 0.15) is 41.8 Å². The second kappa shape index (κ2) is 10.6. The lowest BCUT2D eigenvalue weighted by Crippen LogP contribution is -2.45. The topological polar surface area (TPSA) is 110 Å². The SMILES string of the molecule is [B]C(Nc1cc(Cl)c2ncc(C#N)c(N[C@H](CC)c3ccccc3)c2c1)(C1=CNNN1)c1cccnc1C. The van der Waals surface area contributed by atoms with Gasteiger partial charge >= 0.3 is 0 Å². The van der Waals surface area contributed by atoms with Gasteiger partial charge in [0.05, 0.1) is 39.0 Å². The molecule has 1 unspecified atom stereocenters. The number of anilines is 2. The molecule has 2 atom stereocenters. The van der Waals surface area contributed by atoms with Crippen molar-refractivity contribution in [1.82, 2.24) is 26.4 Å². The molecule has 1 aliphatic rings. The molecule has 5 rings (SSSR count). The summed E-state index contributed by atoms with van der Waals surface area (Å²) in [5.41, 5.74) is 13.3. The quantitative estimate of drug-likeness (QED) is 0.208. The standard InChI is InChI=1S/C28H26BClN8/c1-3-24(18-8-5-4-6-9-18)35-26-19(14-31)15-33-27-21(26)12-20(13-23(27)30)36-28(29,25-16-34-38-37-25)22-10-7-11-32-17(22)2/h4-13,15-16,24,34,36-38H,3H2,1-2H3,(H,33,35)/t24-,28?/m1/s1. The van der Waals surface area contributed by atoms with Crippen molar-refractivity contribution in [2.75, 3.05) is 10.6 Å². The fourth-order valence-corrected chi connectivity index (χ4v) is 4.99. The number of hydrazine groups is 2. The average molecular weight is 521 g/mol. The highest BCUT2D eigenvalue weighted by Gasteiger charge is 2.34. The number of hydrogen-bond donors (Lipinski definition) is 5. The fourth-order valence-electron chi connectivity index (χ4n) is 4.72. The van der Waals surface area contributed by atoms with Crippen LogP contribution in [0.4, 0.5) is 11.4 Å². The third kappa shape index (κ3) is 4.72. The van der Waals surface area contributed by atoms with E-state index < -0.39 is 5.44 Å². The van der Waals surface area contributed by atoms with Crippen LogP contribution in [-0.2, 0) is 5.44 Å². The molecule has 2 radical (unpaired) electrons. The van der Waals surface area contributed by atoms with E-state index in [1.165, 1.54) is 0 Å². The zero-order chi connectivity index (χ0) is 26.7. The predicted molar refractivity (Wildman–Crippen MR) is 152 cm³/mol. The Morgan fingerprint density at radius 1 is 1.16 bits per heavy atom. The van der Waals surface area contributed by atoms with Crippen LogP contribution in [-0.4, -0.2) is 17.8 Å². The van der Waals surface area contributed by atoms with E-state index >= 15 is 0 Å². The van der Waals surface area contributed by atoms with E-state index in [1.54, 1.807) is 24.7 Å². The normalized spacial score (nSPS) is 14.9. The first-order valence-electron chi connectivity index (χ1n) is 12.2. The smallest absolute Gasteiger partial charge is 0.119 e. The van der Waals surface area contributed by atoms with E-state index in [0.29, 0.717) is 38.6 Å². The molecular formula is C28H26BClN8. The number of halogens is 1. The van der Waals surface area contributed by atoms with Crippen molar-refractivity contribution in [3.8, 4) is 6.07 Å². The molecule has 1 aliphatic heterocycles. The van der Waals surface area contributed by atoms with Gasteiger partial charge in [0.25, 0.3) is 0 Å². The van der Waals surface area contributed by atoms with Gasteiger partial charge in [-0.2, -0.15) is 10.8 Å². The van der Waals surface area contributed by atoms with E-state index in [9.17, 15) is 5.26 Å². The summed E-state index contributed by atoms with van der Waals surface area (Å²) in [6.45, 7) is 4.01. The van der Waals surface area contributed by atoms with Gasteiger partial charge in [0.2, 0.25) is 0 Å². The fraction of sp³-hybridized carbons (Fsp3) is 0.179. The number of hydrogen-bond acceptors (Lipinski definition) is 8. The number of aryl methyl sites for hydroxylation is 1. The van der Waals surface area contributed by atoms with Gasteiger partial charge in [0.15, 0.2) is 0 Å². The maximum atomic E-state index is 9.95. The summed E-state index contributed by atoms with van der Waals surface area (Å²) in [5.74, 6) is 0. The summed E-state index contributed by atoms with van der Waals surface area (Å²) in [6.07, 6.45) is 5.84. The molecule has 0 saturated carbocycles. The predicted octanol–water partition coefficient (Wildman–Crippen LogP) is 4.91. The van der Waals surface area contributed by atoms with Crippen molar-refractivity contribution in [3.05, 3.63) is 106 Å². The van der Waals surface area contributed by atoms with Gasteiger partial charge in [-0.3, -0.25) is 9.97 Å². The molecule has 0 spiro atoms. The van der Waals surface area contributed by atoms with E-state index in [1.807, 2.05) is 43.3 Å². The molecule has 0 fully saturated rings. The molecule has 4 aromatic rings. The Balaban J connectivity index is 1.63. The molecule has 0 bridgehead atoms. The zero-order valence-corrected chi connectivity index (χ0v) is 21.8. The summed E-state index contributed by atoms with van der Waals surface area (Å²) in [7, 11) is 7.04. The Morgan fingerprint density at radius 3 is 2.66 bits per heavy atom. The number of nitriles is 1. The van der Waals surface area contributed by atoms with Gasteiger partial charge in [0, 0.05) is 35.4 Å². The molecule has 3 heterocycles. The molecule has 8 nitrogen and oxygen atoms in total. The van der Waals surface area contributed by atoms with Crippen molar-refractivity contribution in [1.29, 1.82) is 5.26 Å². The molecule has 0 aliphatic carbocycles. The minimum atomic E-state index is -1.18. The van der Waals surface area contributed by atoms with Gasteiger partial charge < -0.3 is 21.5 Å². The van der Waals surface area contributed by atoms with Crippen LogP contribution < -0.4 is 27.0 Å². The zero-order valence-electron chi connectivity index (χ0n) is 21.0. The second-order valence-electron chi connectivity index (χ2n) is 9.05. The Bertz CT molecular complexity index is 1550. The molecule has 188 valence electrons. The Kier molecular flexibility index (Phi) is 7.10. The van der Waals surface area contributed by atoms with Crippen LogP contribution in [0.3, 0.4) is 0 Å². The maximum absolute atomic E-state index is 9.95. The molecule has 2 aromatic carbocycles. The number of nitrogens with zero attached hydrogens (tertiary/aromatic N) is 3. The summed E-state index contributed by atoms with van der Waals surface area (Å²) in [6, 6.07) is 19.9. The Labute approximate surface area is 227 Å². The number of fused-ring (bicyclic) bond motifs is 1. The minimum absolute atomic E-state index is 0.0130. The number of benzene rings is 2. The lowest BCUT2D eigenvalue weighted by Gasteiger charge is -2.35.